The molecule has 3 atom stereocenters. The van der Waals surface area contributed by atoms with E-state index in [9.17, 15) is 24.0 Å². The number of hydrogen-bond donors (Lipinski definition) is 1. The van der Waals surface area contributed by atoms with Crippen LogP contribution in [0.3, 0.4) is 0 Å². The van der Waals surface area contributed by atoms with Crippen LogP contribution in [0.5, 0.6) is 0 Å². The third-order valence-corrected chi connectivity index (χ3v) is 14.0. The van der Waals surface area contributed by atoms with Gasteiger partial charge in [0.05, 0.1) is 6.54 Å². The predicted octanol–water partition coefficient (Wildman–Crippen LogP) is 16.5. The zero-order valence-corrected chi connectivity index (χ0v) is 49.0. The summed E-state index contributed by atoms with van der Waals surface area (Å²) in [6.07, 6.45) is 52.3. The Morgan fingerprint density at radius 2 is 0.770 bits per heavy atom. The molecule has 0 aliphatic rings. The lowest BCUT2D eigenvalue weighted by atomic mass is 10.0. The number of hydrogen-bond acceptors (Lipinski definition) is 10. The standard InChI is InChI=1S/C63H116N2O9/c1-7-11-15-19-23-25-27-29-31-35-39-42-46-58(45-41-37-33-21-17-13-9-3)73-62(69)50-49-60(64-61(68)55-65(51-53-71-56(5)66)52-54-72-57(6)67)63(70)74-59(47-43-38-34-22-18-14-10-4)48-44-40-36-32-30-28-26-24-20-16-12-8-2/h33-34,37-38,58-60H,7-32,35-36,39-55H2,1-6H3,(H,64,68)/b37-33-,38-34-. The third-order valence-electron chi connectivity index (χ3n) is 14.0. The number of unbranched alkanes of at least 4 members (excludes halogenated alkanes) is 28. The Bertz CT molecular complexity index is 1370. The van der Waals surface area contributed by atoms with Crippen LogP contribution in [0.1, 0.15) is 298 Å². The molecule has 0 saturated carbocycles. The molecule has 1 N–H and O–H groups in total. The minimum Gasteiger partial charge on any atom is -0.465 e. The number of rotatable bonds is 55. The van der Waals surface area contributed by atoms with Crippen LogP contribution < -0.4 is 5.32 Å². The summed E-state index contributed by atoms with van der Waals surface area (Å²) in [5.74, 6) is -2.25. The Morgan fingerprint density at radius 1 is 0.419 bits per heavy atom. The summed E-state index contributed by atoms with van der Waals surface area (Å²) >= 11 is 0. The van der Waals surface area contributed by atoms with Gasteiger partial charge in [-0.15, -0.1) is 0 Å². The molecule has 0 aromatic heterocycles. The molecule has 432 valence electrons. The first-order chi connectivity index (χ1) is 36.1. The first kappa shape index (κ1) is 70.8. The highest BCUT2D eigenvalue weighted by Gasteiger charge is 2.28. The topological polar surface area (TPSA) is 138 Å². The van der Waals surface area contributed by atoms with E-state index in [0.29, 0.717) is 6.42 Å². The number of nitrogens with zero attached hydrogens (tertiary/aromatic N) is 1. The van der Waals surface area contributed by atoms with Crippen LogP contribution in [0.25, 0.3) is 0 Å². The number of allylic oxidation sites excluding steroid dienone is 4. The van der Waals surface area contributed by atoms with Gasteiger partial charge in [-0.2, -0.15) is 0 Å². The van der Waals surface area contributed by atoms with Crippen molar-refractivity contribution in [3.05, 3.63) is 24.3 Å². The number of esters is 4. The van der Waals surface area contributed by atoms with Gasteiger partial charge in [-0.3, -0.25) is 24.1 Å². The van der Waals surface area contributed by atoms with Gasteiger partial charge in [0.15, 0.2) is 0 Å². The molecule has 0 aromatic rings. The highest BCUT2D eigenvalue weighted by molar-refractivity contribution is 5.86. The first-order valence-electron chi connectivity index (χ1n) is 31.0. The second-order valence-electron chi connectivity index (χ2n) is 21.2. The number of ether oxygens (including phenoxy) is 4. The highest BCUT2D eigenvalue weighted by Crippen LogP contribution is 2.20. The van der Waals surface area contributed by atoms with Crippen molar-refractivity contribution in [3.63, 3.8) is 0 Å². The van der Waals surface area contributed by atoms with Gasteiger partial charge in [-0.1, -0.05) is 219 Å². The molecule has 0 aliphatic heterocycles. The highest BCUT2D eigenvalue weighted by atomic mass is 16.6. The number of nitrogens with one attached hydrogen (secondary N) is 1. The summed E-state index contributed by atoms with van der Waals surface area (Å²) in [5, 5.41) is 2.91. The molecular weight excluding hydrogens is 929 g/mol. The van der Waals surface area contributed by atoms with Gasteiger partial charge in [-0.25, -0.2) is 4.79 Å². The molecule has 3 unspecified atom stereocenters. The summed E-state index contributed by atoms with van der Waals surface area (Å²) in [6, 6.07) is -1.08. The number of carbonyl (C=O) groups is 5. The van der Waals surface area contributed by atoms with E-state index in [1.807, 2.05) is 0 Å². The predicted molar refractivity (Wildman–Crippen MR) is 307 cm³/mol. The lowest BCUT2D eigenvalue weighted by Crippen LogP contribution is -2.48. The molecule has 11 nitrogen and oxygen atoms in total. The van der Waals surface area contributed by atoms with Crippen LogP contribution >= 0.6 is 0 Å². The van der Waals surface area contributed by atoms with Crippen LogP contribution in [-0.2, 0) is 42.9 Å². The maximum atomic E-state index is 14.3. The van der Waals surface area contributed by atoms with Gasteiger partial charge in [-0.05, 0) is 83.5 Å². The van der Waals surface area contributed by atoms with Crippen molar-refractivity contribution in [1.82, 2.24) is 10.2 Å². The van der Waals surface area contributed by atoms with Crippen molar-refractivity contribution in [2.24, 2.45) is 0 Å². The minimum atomic E-state index is -1.08. The van der Waals surface area contributed by atoms with E-state index in [0.717, 1.165) is 83.5 Å². The molecule has 0 saturated heterocycles. The van der Waals surface area contributed by atoms with Crippen molar-refractivity contribution in [1.29, 1.82) is 0 Å². The Morgan fingerprint density at radius 3 is 1.16 bits per heavy atom. The van der Waals surface area contributed by atoms with Crippen molar-refractivity contribution in [3.8, 4) is 0 Å². The largest absolute Gasteiger partial charge is 0.465 e. The van der Waals surface area contributed by atoms with Gasteiger partial charge in [0.2, 0.25) is 5.91 Å². The fourth-order valence-electron chi connectivity index (χ4n) is 9.36. The first-order valence-corrected chi connectivity index (χ1v) is 31.0. The quantitative estimate of drug-likeness (QED) is 0.0271. The molecule has 0 fully saturated rings. The van der Waals surface area contributed by atoms with Crippen molar-refractivity contribution in [2.45, 2.75) is 317 Å². The van der Waals surface area contributed by atoms with E-state index < -0.39 is 29.9 Å². The van der Waals surface area contributed by atoms with E-state index >= 15 is 0 Å². The molecule has 0 aliphatic carbocycles. The Balaban J connectivity index is 6.02. The van der Waals surface area contributed by atoms with Gasteiger partial charge in [0.1, 0.15) is 31.5 Å². The zero-order valence-electron chi connectivity index (χ0n) is 49.0. The smallest absolute Gasteiger partial charge is 0.328 e. The Labute approximate surface area is 455 Å². The molecule has 0 radical (unpaired) electrons. The maximum Gasteiger partial charge on any atom is 0.328 e. The summed E-state index contributed by atoms with van der Waals surface area (Å²) in [6.45, 7) is 12.0. The number of carbonyl (C=O) groups excluding carboxylic acids is 5. The van der Waals surface area contributed by atoms with Gasteiger partial charge < -0.3 is 24.3 Å². The third kappa shape index (κ3) is 49.7. The fourth-order valence-corrected chi connectivity index (χ4v) is 9.36. The van der Waals surface area contributed by atoms with Crippen molar-refractivity contribution < 1.29 is 42.9 Å². The summed E-state index contributed by atoms with van der Waals surface area (Å²) < 4.78 is 22.8. The van der Waals surface area contributed by atoms with Crippen LogP contribution in [0, 0.1) is 0 Å². The maximum absolute atomic E-state index is 14.3. The minimum absolute atomic E-state index is 0.0373. The molecule has 74 heavy (non-hydrogen) atoms. The van der Waals surface area contributed by atoms with Crippen LogP contribution in [0.15, 0.2) is 24.3 Å². The molecule has 11 heteroatoms. The fraction of sp³-hybridized carbons (Fsp3) is 0.857. The van der Waals surface area contributed by atoms with Gasteiger partial charge >= 0.3 is 23.9 Å². The molecule has 0 bridgehead atoms. The molecular formula is C63H116N2O9. The Kier molecular flexibility index (Phi) is 52.2. The Hall–Kier alpha value is -3.21. The van der Waals surface area contributed by atoms with Gasteiger partial charge in [0, 0.05) is 33.4 Å². The van der Waals surface area contributed by atoms with Crippen LogP contribution in [-0.4, -0.2) is 85.8 Å². The van der Waals surface area contributed by atoms with Gasteiger partial charge in [0.25, 0.3) is 0 Å². The van der Waals surface area contributed by atoms with Crippen molar-refractivity contribution >= 4 is 29.8 Å². The lowest BCUT2D eigenvalue weighted by molar-refractivity contribution is -0.155. The average Bonchev–Trinajstić information content (AvgIpc) is 3.37. The van der Waals surface area contributed by atoms with Crippen LogP contribution in [0.2, 0.25) is 0 Å². The van der Waals surface area contributed by atoms with Crippen molar-refractivity contribution in [2.75, 3.05) is 32.8 Å². The van der Waals surface area contributed by atoms with E-state index in [2.05, 4.69) is 57.3 Å². The second kappa shape index (κ2) is 54.6. The average molecular weight is 1050 g/mol. The number of amides is 1. The second-order valence-corrected chi connectivity index (χ2v) is 21.2. The normalized spacial score (nSPS) is 12.9. The monoisotopic (exact) mass is 1040 g/mol. The molecule has 0 aromatic carbocycles. The van der Waals surface area contributed by atoms with E-state index in [-0.39, 0.29) is 63.9 Å². The van der Waals surface area contributed by atoms with E-state index in [1.54, 1.807) is 4.90 Å². The van der Waals surface area contributed by atoms with Crippen LogP contribution in [0.4, 0.5) is 0 Å². The summed E-state index contributed by atoms with van der Waals surface area (Å²) in [5.41, 5.74) is 0. The summed E-state index contributed by atoms with van der Waals surface area (Å²) in [4.78, 5) is 66.6. The molecule has 0 rings (SSSR count). The van der Waals surface area contributed by atoms with E-state index in [1.165, 1.54) is 168 Å². The molecule has 0 heterocycles. The van der Waals surface area contributed by atoms with E-state index in [4.69, 9.17) is 18.9 Å². The lowest BCUT2D eigenvalue weighted by Gasteiger charge is -2.25. The molecule has 0 spiro atoms. The summed E-state index contributed by atoms with van der Waals surface area (Å²) in [7, 11) is 0. The molecule has 1 amide bonds. The zero-order chi connectivity index (χ0) is 54.4. The SMILES string of the molecule is CCCCC/C=C\CCC(CCCCCCCCCCCCCC)OC(=O)CCC(NC(=O)CN(CCOC(C)=O)CCOC(C)=O)C(=O)OC(CC/C=C\CCCCC)CCCCCCCCCCCCCC.